The molecule has 0 aliphatic carbocycles. The molecule has 0 aromatic carbocycles. The number of nitrogens with two attached hydrogens (primary N) is 1. The van der Waals surface area contributed by atoms with Crippen molar-refractivity contribution in [3.63, 3.8) is 0 Å². The van der Waals surface area contributed by atoms with E-state index in [4.69, 9.17) is 22.1 Å². The summed E-state index contributed by atoms with van der Waals surface area (Å²) < 4.78 is 32.0. The van der Waals surface area contributed by atoms with E-state index in [1.54, 1.807) is 0 Å². The van der Waals surface area contributed by atoms with Gasteiger partial charge >= 0.3 is 0 Å². The Morgan fingerprint density at radius 2 is 2.32 bits per heavy atom. The van der Waals surface area contributed by atoms with Crippen LogP contribution >= 0.6 is 11.6 Å². The van der Waals surface area contributed by atoms with Crippen LogP contribution in [0.2, 0.25) is 5.02 Å². The summed E-state index contributed by atoms with van der Waals surface area (Å²) in [6.07, 6.45) is 4.07. The number of sulfonamides is 1. The van der Waals surface area contributed by atoms with Crippen molar-refractivity contribution >= 4 is 27.4 Å². The van der Waals surface area contributed by atoms with Crippen LogP contribution in [-0.4, -0.2) is 32.7 Å². The van der Waals surface area contributed by atoms with Crippen LogP contribution in [0.4, 0.5) is 5.82 Å². The minimum absolute atomic E-state index is 0.00232. The third-order valence-electron chi connectivity index (χ3n) is 2.93. The van der Waals surface area contributed by atoms with Gasteiger partial charge in [-0.1, -0.05) is 11.6 Å². The van der Waals surface area contributed by atoms with Crippen molar-refractivity contribution in [2.45, 2.75) is 30.3 Å². The highest BCUT2D eigenvalue weighted by Crippen LogP contribution is 2.20. The zero-order valence-electron chi connectivity index (χ0n) is 10.3. The average molecular weight is 306 g/mol. The Balaban J connectivity index is 2.02. The highest BCUT2D eigenvalue weighted by Gasteiger charge is 2.20. The van der Waals surface area contributed by atoms with E-state index in [9.17, 15) is 8.42 Å². The van der Waals surface area contributed by atoms with Crippen molar-refractivity contribution in [2.75, 3.05) is 18.9 Å². The van der Waals surface area contributed by atoms with Gasteiger partial charge in [0.15, 0.2) is 0 Å². The first-order valence-corrected chi connectivity index (χ1v) is 7.87. The first kappa shape index (κ1) is 14.5. The standard InChI is InChI=1S/C11H16ClN3O3S/c12-10-5-9(7-14-11(10)13)19(16,17)15-6-8-3-1-2-4-18-8/h5,7-8,15H,1-4,6H2,(H2,13,14). The van der Waals surface area contributed by atoms with Crippen LogP contribution in [0.1, 0.15) is 19.3 Å². The molecular weight excluding hydrogens is 290 g/mol. The molecule has 2 rings (SSSR count). The highest BCUT2D eigenvalue weighted by atomic mass is 35.5. The van der Waals surface area contributed by atoms with Gasteiger partial charge in [-0.3, -0.25) is 0 Å². The lowest BCUT2D eigenvalue weighted by Gasteiger charge is -2.22. The predicted octanol–water partition coefficient (Wildman–Crippen LogP) is 1.16. The molecule has 1 atom stereocenters. The fourth-order valence-corrected chi connectivity index (χ4v) is 3.10. The van der Waals surface area contributed by atoms with Gasteiger partial charge in [0.05, 0.1) is 11.1 Å². The molecule has 1 fully saturated rings. The van der Waals surface area contributed by atoms with Crippen molar-refractivity contribution in [2.24, 2.45) is 0 Å². The van der Waals surface area contributed by atoms with E-state index in [0.29, 0.717) is 6.61 Å². The fraction of sp³-hybridized carbons (Fsp3) is 0.545. The molecule has 0 spiro atoms. The first-order chi connectivity index (χ1) is 8.99. The molecule has 1 aromatic heterocycles. The Bertz CT molecular complexity index is 544. The zero-order valence-corrected chi connectivity index (χ0v) is 11.9. The number of rotatable bonds is 4. The Morgan fingerprint density at radius 3 is 2.95 bits per heavy atom. The van der Waals surface area contributed by atoms with Crippen LogP contribution in [0.25, 0.3) is 0 Å². The van der Waals surface area contributed by atoms with E-state index in [2.05, 4.69) is 9.71 Å². The molecule has 3 N–H and O–H groups in total. The monoisotopic (exact) mass is 305 g/mol. The number of anilines is 1. The van der Waals surface area contributed by atoms with Crippen LogP contribution in [0.15, 0.2) is 17.2 Å². The maximum Gasteiger partial charge on any atom is 0.242 e. The second-order valence-electron chi connectivity index (χ2n) is 4.38. The van der Waals surface area contributed by atoms with Gasteiger partial charge in [0.1, 0.15) is 10.7 Å². The summed E-state index contributed by atoms with van der Waals surface area (Å²) in [7, 11) is -3.63. The van der Waals surface area contributed by atoms with E-state index >= 15 is 0 Å². The van der Waals surface area contributed by atoms with Gasteiger partial charge in [0.2, 0.25) is 10.0 Å². The summed E-state index contributed by atoms with van der Waals surface area (Å²) in [5.41, 5.74) is 5.44. The third-order valence-corrected chi connectivity index (χ3v) is 4.62. The molecule has 6 nitrogen and oxygen atoms in total. The Hall–Kier alpha value is -0.890. The van der Waals surface area contributed by atoms with Gasteiger partial charge in [-0.05, 0) is 25.3 Å². The summed E-state index contributed by atoms with van der Waals surface area (Å²) in [6, 6.07) is 1.29. The normalized spacial score (nSPS) is 20.4. The van der Waals surface area contributed by atoms with Crippen LogP contribution < -0.4 is 10.5 Å². The van der Waals surface area contributed by atoms with Crippen molar-refractivity contribution in [1.29, 1.82) is 0 Å². The van der Waals surface area contributed by atoms with Gasteiger partial charge in [0, 0.05) is 19.3 Å². The number of ether oxygens (including phenoxy) is 1. The number of hydrogen-bond donors (Lipinski definition) is 2. The zero-order chi connectivity index (χ0) is 13.9. The average Bonchev–Trinajstić information content (AvgIpc) is 2.41. The van der Waals surface area contributed by atoms with Gasteiger partial charge < -0.3 is 10.5 Å². The van der Waals surface area contributed by atoms with E-state index in [-0.39, 0.29) is 28.4 Å². The number of halogens is 1. The Morgan fingerprint density at radius 1 is 1.53 bits per heavy atom. The van der Waals surface area contributed by atoms with E-state index < -0.39 is 10.0 Å². The molecule has 1 aliphatic rings. The second kappa shape index (κ2) is 6.04. The summed E-state index contributed by atoms with van der Waals surface area (Å²) in [5, 5.41) is 0.122. The summed E-state index contributed by atoms with van der Waals surface area (Å²) in [6.45, 7) is 0.936. The van der Waals surface area contributed by atoms with E-state index in [1.165, 1.54) is 12.3 Å². The summed E-state index contributed by atoms with van der Waals surface area (Å²) in [5.74, 6) is 0.108. The van der Waals surface area contributed by atoms with E-state index in [1.807, 2.05) is 0 Å². The summed E-state index contributed by atoms with van der Waals surface area (Å²) >= 11 is 5.76. The first-order valence-electron chi connectivity index (χ1n) is 6.01. The molecule has 0 saturated carbocycles. The molecule has 0 amide bonds. The Labute approximate surface area is 117 Å². The van der Waals surface area contributed by atoms with Crippen molar-refractivity contribution in [1.82, 2.24) is 9.71 Å². The smallest absolute Gasteiger partial charge is 0.242 e. The highest BCUT2D eigenvalue weighted by molar-refractivity contribution is 7.89. The molecule has 0 bridgehead atoms. The minimum atomic E-state index is -3.63. The third kappa shape index (κ3) is 3.79. The molecule has 0 radical (unpaired) electrons. The predicted molar refractivity (Wildman–Crippen MR) is 72.4 cm³/mol. The van der Waals surface area contributed by atoms with Crippen LogP contribution in [-0.2, 0) is 14.8 Å². The molecular formula is C11H16ClN3O3S. The SMILES string of the molecule is Nc1ncc(S(=O)(=O)NCC2CCCCO2)cc1Cl. The summed E-state index contributed by atoms with van der Waals surface area (Å²) in [4.78, 5) is 3.74. The maximum atomic E-state index is 12.0. The molecule has 106 valence electrons. The molecule has 19 heavy (non-hydrogen) atoms. The number of hydrogen-bond acceptors (Lipinski definition) is 5. The van der Waals surface area contributed by atoms with Crippen molar-refractivity contribution < 1.29 is 13.2 Å². The van der Waals surface area contributed by atoms with Gasteiger partial charge in [-0.15, -0.1) is 0 Å². The molecule has 1 saturated heterocycles. The Kier molecular flexibility index (Phi) is 4.62. The van der Waals surface area contributed by atoms with Crippen LogP contribution in [0.5, 0.6) is 0 Å². The van der Waals surface area contributed by atoms with Gasteiger partial charge in [-0.2, -0.15) is 0 Å². The van der Waals surface area contributed by atoms with Crippen molar-refractivity contribution in [3.05, 3.63) is 17.3 Å². The number of nitrogens with one attached hydrogen (secondary N) is 1. The number of aromatic nitrogens is 1. The van der Waals surface area contributed by atoms with Crippen LogP contribution in [0, 0.1) is 0 Å². The maximum absolute atomic E-state index is 12.0. The van der Waals surface area contributed by atoms with Gasteiger partial charge in [0.25, 0.3) is 0 Å². The number of nitrogen functional groups attached to an aromatic ring is 1. The second-order valence-corrected chi connectivity index (χ2v) is 6.55. The lowest BCUT2D eigenvalue weighted by atomic mass is 10.1. The lowest BCUT2D eigenvalue weighted by Crippen LogP contribution is -2.35. The fourth-order valence-electron chi connectivity index (χ4n) is 1.83. The number of pyridine rings is 1. The quantitative estimate of drug-likeness (QED) is 0.870. The molecule has 8 heteroatoms. The topological polar surface area (TPSA) is 94.3 Å². The molecule has 2 heterocycles. The van der Waals surface area contributed by atoms with Crippen molar-refractivity contribution in [3.8, 4) is 0 Å². The minimum Gasteiger partial charge on any atom is -0.382 e. The van der Waals surface area contributed by atoms with Crippen LogP contribution in [0.3, 0.4) is 0 Å². The molecule has 1 aromatic rings. The van der Waals surface area contributed by atoms with E-state index in [0.717, 1.165) is 19.3 Å². The van der Waals surface area contributed by atoms with Gasteiger partial charge in [-0.25, -0.2) is 18.1 Å². The number of nitrogens with zero attached hydrogens (tertiary/aromatic N) is 1. The molecule has 1 unspecified atom stereocenters. The lowest BCUT2D eigenvalue weighted by molar-refractivity contribution is 0.0200. The largest absolute Gasteiger partial charge is 0.382 e. The molecule has 1 aliphatic heterocycles.